The highest BCUT2D eigenvalue weighted by molar-refractivity contribution is 6.03. The van der Waals surface area contributed by atoms with Crippen molar-refractivity contribution in [2.45, 2.75) is 0 Å². The van der Waals surface area contributed by atoms with Crippen LogP contribution in [-0.4, -0.2) is 38.6 Å². The lowest BCUT2D eigenvalue weighted by atomic mass is 10.1. The predicted molar refractivity (Wildman–Crippen MR) is 100 cm³/mol. The summed E-state index contributed by atoms with van der Waals surface area (Å²) in [7, 11) is 0. The predicted octanol–water partition coefficient (Wildman–Crippen LogP) is 0.888. The van der Waals surface area contributed by atoms with Crippen molar-refractivity contribution in [1.82, 2.24) is 20.2 Å². The molecule has 0 atom stereocenters. The van der Waals surface area contributed by atoms with Crippen LogP contribution >= 0.6 is 0 Å². The molecule has 0 saturated carbocycles. The second-order valence-electron chi connectivity index (χ2n) is 5.91. The molecule has 0 spiro atoms. The molecule has 2 aromatic carbocycles. The average Bonchev–Trinajstić information content (AvgIpc) is 3.06. The van der Waals surface area contributed by atoms with Crippen molar-refractivity contribution >= 4 is 39.4 Å². The number of aromatic nitrogens is 4. The van der Waals surface area contributed by atoms with Crippen LogP contribution in [0.3, 0.4) is 0 Å². The summed E-state index contributed by atoms with van der Waals surface area (Å²) in [6, 6.07) is 11.3. The third kappa shape index (κ3) is 3.26. The van der Waals surface area contributed by atoms with E-state index in [0.717, 1.165) is 0 Å². The molecule has 0 unspecified atom stereocenters. The van der Waals surface area contributed by atoms with Crippen molar-refractivity contribution in [2.75, 3.05) is 11.9 Å². The summed E-state index contributed by atoms with van der Waals surface area (Å²) < 4.78 is 5.00. The molecule has 10 heteroatoms. The quantitative estimate of drug-likeness (QED) is 0.387. The Morgan fingerprint density at radius 3 is 2.57 bits per heavy atom. The molecule has 0 radical (unpaired) electrons. The van der Waals surface area contributed by atoms with Gasteiger partial charge in [0.2, 0.25) is 0 Å². The zero-order valence-electron chi connectivity index (χ0n) is 14.2. The number of carbonyl (C=O) groups excluding carboxylic acids is 2. The number of ether oxygens (including phenoxy) is 1. The number of nitrogens with one attached hydrogen (secondary N) is 4. The largest absolute Gasteiger partial charge is 0.451 e. The van der Waals surface area contributed by atoms with Crippen LogP contribution in [0.15, 0.2) is 52.1 Å². The maximum Gasteiger partial charge on any atom is 0.359 e. The van der Waals surface area contributed by atoms with Crippen molar-refractivity contribution < 1.29 is 14.3 Å². The molecule has 0 bridgehead atoms. The molecule has 2 aromatic heterocycles. The monoisotopic (exact) mass is 379 g/mol. The number of anilines is 1. The van der Waals surface area contributed by atoms with Crippen LogP contribution in [0, 0.1) is 0 Å². The van der Waals surface area contributed by atoms with Gasteiger partial charge in [-0.1, -0.05) is 18.2 Å². The number of fused-ring (bicyclic) bond motifs is 2. The van der Waals surface area contributed by atoms with Crippen LogP contribution < -0.4 is 16.6 Å². The van der Waals surface area contributed by atoms with Gasteiger partial charge in [-0.2, -0.15) is 5.10 Å². The number of amides is 1. The Balaban J connectivity index is 1.46. The highest BCUT2D eigenvalue weighted by atomic mass is 16.5. The summed E-state index contributed by atoms with van der Waals surface area (Å²) in [5, 5.41) is 9.15. The van der Waals surface area contributed by atoms with Gasteiger partial charge >= 0.3 is 11.7 Å². The second kappa shape index (κ2) is 6.83. The summed E-state index contributed by atoms with van der Waals surface area (Å²) in [6.07, 6.45) is 0. The van der Waals surface area contributed by atoms with Crippen molar-refractivity contribution in [1.29, 1.82) is 0 Å². The summed E-state index contributed by atoms with van der Waals surface area (Å²) in [5.41, 5.74) is 0.691. The smallest absolute Gasteiger partial charge is 0.359 e. The van der Waals surface area contributed by atoms with Crippen LogP contribution in [0.1, 0.15) is 10.5 Å². The molecule has 28 heavy (non-hydrogen) atoms. The Morgan fingerprint density at radius 2 is 1.75 bits per heavy atom. The molecular weight excluding hydrogens is 366 g/mol. The minimum atomic E-state index is -0.840. The number of nitrogens with zero attached hydrogens (tertiary/aromatic N) is 1. The van der Waals surface area contributed by atoms with Crippen LogP contribution in [-0.2, 0) is 9.53 Å². The van der Waals surface area contributed by atoms with Gasteiger partial charge in [0.1, 0.15) is 0 Å². The number of H-pyrrole nitrogens is 3. The van der Waals surface area contributed by atoms with Crippen molar-refractivity contribution in [3.8, 4) is 0 Å². The fourth-order valence-corrected chi connectivity index (χ4v) is 2.78. The minimum Gasteiger partial charge on any atom is -0.451 e. The van der Waals surface area contributed by atoms with Crippen molar-refractivity contribution in [3.05, 3.63) is 69.0 Å². The van der Waals surface area contributed by atoms with Gasteiger partial charge in [0, 0.05) is 11.1 Å². The third-order valence-corrected chi connectivity index (χ3v) is 4.02. The number of hydrogen-bond donors (Lipinski definition) is 4. The number of imidazole rings is 1. The molecule has 0 saturated heterocycles. The lowest BCUT2D eigenvalue weighted by molar-refractivity contribution is -0.119. The van der Waals surface area contributed by atoms with Gasteiger partial charge in [0.15, 0.2) is 12.3 Å². The number of hydrogen-bond acceptors (Lipinski definition) is 6. The summed E-state index contributed by atoms with van der Waals surface area (Å²) in [5.74, 6) is -1.41. The van der Waals surface area contributed by atoms with Crippen molar-refractivity contribution in [2.24, 2.45) is 0 Å². The summed E-state index contributed by atoms with van der Waals surface area (Å²) in [6.45, 7) is -0.546. The van der Waals surface area contributed by atoms with E-state index in [4.69, 9.17) is 4.74 Å². The SMILES string of the molecule is O=C(COC(=O)c1n[nH]c(=O)c2ccccc12)Nc1ccc2[nH]c(=O)[nH]c2c1. The van der Waals surface area contributed by atoms with Gasteiger partial charge in [-0.3, -0.25) is 9.59 Å². The number of rotatable bonds is 4. The van der Waals surface area contributed by atoms with E-state index in [0.29, 0.717) is 27.5 Å². The molecular formula is C18H13N5O5. The first-order valence-electron chi connectivity index (χ1n) is 8.18. The van der Waals surface area contributed by atoms with E-state index >= 15 is 0 Å². The fourth-order valence-electron chi connectivity index (χ4n) is 2.78. The highest BCUT2D eigenvalue weighted by Gasteiger charge is 2.17. The number of carbonyl (C=O) groups is 2. The van der Waals surface area contributed by atoms with Gasteiger partial charge in [0.05, 0.1) is 16.4 Å². The van der Waals surface area contributed by atoms with E-state index in [2.05, 4.69) is 25.5 Å². The first kappa shape index (κ1) is 17.2. The molecule has 1 amide bonds. The molecule has 4 N–H and O–H groups in total. The lowest BCUT2D eigenvalue weighted by Crippen LogP contribution is -2.22. The summed E-state index contributed by atoms with van der Waals surface area (Å²) >= 11 is 0. The van der Waals surface area contributed by atoms with Gasteiger partial charge in [-0.15, -0.1) is 0 Å². The molecule has 10 nitrogen and oxygen atoms in total. The Morgan fingerprint density at radius 1 is 1.00 bits per heavy atom. The van der Waals surface area contributed by atoms with Crippen LogP contribution in [0.25, 0.3) is 21.8 Å². The van der Waals surface area contributed by atoms with E-state index in [1.54, 1.807) is 42.5 Å². The Labute approximate surface area is 155 Å². The lowest BCUT2D eigenvalue weighted by Gasteiger charge is -2.07. The van der Waals surface area contributed by atoms with Gasteiger partial charge < -0.3 is 20.0 Å². The molecule has 2 heterocycles. The maximum absolute atomic E-state index is 12.3. The maximum atomic E-state index is 12.3. The topological polar surface area (TPSA) is 150 Å². The van der Waals surface area contributed by atoms with E-state index in [1.165, 1.54) is 0 Å². The molecule has 0 fully saturated rings. The van der Waals surface area contributed by atoms with E-state index in [9.17, 15) is 19.2 Å². The van der Waals surface area contributed by atoms with E-state index in [-0.39, 0.29) is 11.4 Å². The van der Waals surface area contributed by atoms with E-state index in [1.807, 2.05) is 0 Å². The molecule has 4 rings (SSSR count). The molecule has 0 aliphatic rings. The van der Waals surface area contributed by atoms with Gasteiger partial charge in [0.25, 0.3) is 11.5 Å². The number of benzene rings is 2. The van der Waals surface area contributed by atoms with Gasteiger partial charge in [-0.05, 0) is 24.3 Å². The summed E-state index contributed by atoms with van der Waals surface area (Å²) in [4.78, 5) is 52.5. The van der Waals surface area contributed by atoms with Gasteiger partial charge in [-0.25, -0.2) is 14.7 Å². The minimum absolute atomic E-state index is 0.0886. The van der Waals surface area contributed by atoms with Crippen LogP contribution in [0.5, 0.6) is 0 Å². The normalized spacial score (nSPS) is 10.9. The first-order chi connectivity index (χ1) is 13.5. The third-order valence-electron chi connectivity index (χ3n) is 4.02. The molecule has 0 aliphatic carbocycles. The van der Waals surface area contributed by atoms with Crippen LogP contribution in [0.2, 0.25) is 0 Å². The number of esters is 1. The second-order valence-corrected chi connectivity index (χ2v) is 5.91. The zero-order valence-corrected chi connectivity index (χ0v) is 14.2. The first-order valence-corrected chi connectivity index (χ1v) is 8.18. The number of aromatic amines is 3. The van der Waals surface area contributed by atoms with Crippen molar-refractivity contribution in [3.63, 3.8) is 0 Å². The molecule has 4 aromatic rings. The average molecular weight is 379 g/mol. The molecule has 140 valence electrons. The Hall–Kier alpha value is -4.21. The fraction of sp³-hybridized carbons (Fsp3) is 0.0556. The Kier molecular flexibility index (Phi) is 4.20. The van der Waals surface area contributed by atoms with E-state index < -0.39 is 24.0 Å². The molecule has 0 aliphatic heterocycles. The highest BCUT2D eigenvalue weighted by Crippen LogP contribution is 2.15. The van der Waals surface area contributed by atoms with Crippen LogP contribution in [0.4, 0.5) is 5.69 Å². The zero-order chi connectivity index (χ0) is 19.7. The Bertz CT molecular complexity index is 1330. The standard InChI is InChI=1S/C18H13N5O5/c24-14(19-9-5-6-12-13(7-9)21-18(27)20-12)8-28-17(26)15-10-3-1-2-4-11(10)16(25)23-22-15/h1-7H,8H2,(H,19,24)(H,23,25)(H2,20,21,27).